The highest BCUT2D eigenvalue weighted by Crippen LogP contribution is 2.27. The minimum absolute atomic E-state index is 0.00356. The maximum atomic E-state index is 12.5. The molecule has 0 spiro atoms. The topological polar surface area (TPSA) is 58.8 Å². The summed E-state index contributed by atoms with van der Waals surface area (Å²) in [5.74, 6) is 0.512. The predicted octanol–water partition coefficient (Wildman–Crippen LogP) is 1.06. The Labute approximate surface area is 113 Å². The molecule has 0 radical (unpaired) electrons. The average molecular weight is 263 g/mol. The Morgan fingerprint density at radius 3 is 2.63 bits per heavy atom. The fourth-order valence-corrected chi connectivity index (χ4v) is 2.21. The van der Waals surface area contributed by atoms with Crippen molar-refractivity contribution >= 4 is 11.6 Å². The van der Waals surface area contributed by atoms with E-state index in [1.165, 1.54) is 0 Å². The molecular formula is C14H21N3O2. The number of nitrogen functional groups attached to an aromatic ring is 1. The molecule has 1 saturated heterocycles. The minimum atomic E-state index is 0.00356. The van der Waals surface area contributed by atoms with Gasteiger partial charge in [0, 0.05) is 26.2 Å². The lowest BCUT2D eigenvalue weighted by molar-refractivity contribution is 0.0660. The van der Waals surface area contributed by atoms with Crippen LogP contribution in [0, 0.1) is 0 Å². The van der Waals surface area contributed by atoms with Gasteiger partial charge in [0.25, 0.3) is 5.91 Å². The summed E-state index contributed by atoms with van der Waals surface area (Å²) >= 11 is 0. The Kier molecular flexibility index (Phi) is 4.27. The molecule has 19 heavy (non-hydrogen) atoms. The Morgan fingerprint density at radius 1 is 1.32 bits per heavy atom. The van der Waals surface area contributed by atoms with Crippen molar-refractivity contribution in [3.8, 4) is 5.75 Å². The lowest BCUT2D eigenvalue weighted by Crippen LogP contribution is -2.47. The van der Waals surface area contributed by atoms with Gasteiger partial charge in [0.15, 0.2) is 5.75 Å². The molecular weight excluding hydrogens is 242 g/mol. The number of carbonyl (C=O) groups is 1. The highest BCUT2D eigenvalue weighted by atomic mass is 16.5. The Balaban J connectivity index is 2.21. The molecule has 1 heterocycles. The van der Waals surface area contributed by atoms with Gasteiger partial charge in [-0.25, -0.2) is 0 Å². The Bertz CT molecular complexity index is 454. The summed E-state index contributed by atoms with van der Waals surface area (Å²) in [6.07, 6.45) is 0. The average Bonchev–Trinajstić information content (AvgIpc) is 2.41. The first kappa shape index (κ1) is 13.7. The molecule has 5 heteroatoms. The van der Waals surface area contributed by atoms with Gasteiger partial charge in [-0.2, -0.15) is 0 Å². The minimum Gasteiger partial charge on any atom is -0.491 e. The van der Waals surface area contributed by atoms with Crippen LogP contribution in [0.2, 0.25) is 0 Å². The molecule has 0 aromatic heterocycles. The van der Waals surface area contributed by atoms with Gasteiger partial charge in [-0.3, -0.25) is 4.79 Å². The van der Waals surface area contributed by atoms with E-state index in [1.807, 2.05) is 11.8 Å². The van der Waals surface area contributed by atoms with Crippen molar-refractivity contribution in [2.75, 3.05) is 45.6 Å². The van der Waals surface area contributed by atoms with Crippen molar-refractivity contribution in [2.45, 2.75) is 6.92 Å². The molecule has 5 nitrogen and oxygen atoms in total. The SMILES string of the molecule is CCOc1c(N)cccc1C(=O)N1CCN(C)CC1. The van der Waals surface area contributed by atoms with Gasteiger partial charge >= 0.3 is 0 Å². The number of hydrogen-bond acceptors (Lipinski definition) is 4. The number of likely N-dealkylation sites (N-methyl/N-ethyl adjacent to an activating group) is 1. The molecule has 104 valence electrons. The normalized spacial score (nSPS) is 16.4. The Morgan fingerprint density at radius 2 is 2.00 bits per heavy atom. The van der Waals surface area contributed by atoms with Crippen LogP contribution in [-0.4, -0.2) is 55.5 Å². The highest BCUT2D eigenvalue weighted by Gasteiger charge is 2.23. The molecule has 0 unspecified atom stereocenters. The van der Waals surface area contributed by atoms with Crippen molar-refractivity contribution in [2.24, 2.45) is 0 Å². The van der Waals surface area contributed by atoms with Gasteiger partial charge in [-0.15, -0.1) is 0 Å². The van der Waals surface area contributed by atoms with Crippen LogP contribution in [0.5, 0.6) is 5.75 Å². The molecule has 0 aliphatic carbocycles. The molecule has 1 aromatic rings. The second-order valence-corrected chi connectivity index (χ2v) is 4.75. The number of hydrogen-bond donors (Lipinski definition) is 1. The first-order chi connectivity index (χ1) is 9.13. The summed E-state index contributed by atoms with van der Waals surface area (Å²) in [6, 6.07) is 5.33. The number of benzene rings is 1. The van der Waals surface area contributed by atoms with Crippen LogP contribution in [0.4, 0.5) is 5.69 Å². The third-order valence-corrected chi connectivity index (χ3v) is 3.36. The monoisotopic (exact) mass is 263 g/mol. The van der Waals surface area contributed by atoms with Crippen LogP contribution in [0.3, 0.4) is 0 Å². The van der Waals surface area contributed by atoms with Gasteiger partial charge < -0.3 is 20.3 Å². The van der Waals surface area contributed by atoms with Crippen LogP contribution < -0.4 is 10.5 Å². The fraction of sp³-hybridized carbons (Fsp3) is 0.500. The smallest absolute Gasteiger partial charge is 0.257 e. The Hall–Kier alpha value is -1.75. The zero-order chi connectivity index (χ0) is 13.8. The number of amides is 1. The van der Waals surface area contributed by atoms with E-state index in [0.29, 0.717) is 23.6 Å². The zero-order valence-electron chi connectivity index (χ0n) is 11.6. The number of ether oxygens (including phenoxy) is 1. The van der Waals surface area contributed by atoms with E-state index in [4.69, 9.17) is 10.5 Å². The van der Waals surface area contributed by atoms with E-state index >= 15 is 0 Å². The van der Waals surface area contributed by atoms with Crippen LogP contribution in [0.1, 0.15) is 17.3 Å². The van der Waals surface area contributed by atoms with Crippen molar-refractivity contribution < 1.29 is 9.53 Å². The van der Waals surface area contributed by atoms with Crippen molar-refractivity contribution in [3.63, 3.8) is 0 Å². The molecule has 2 rings (SSSR count). The van der Waals surface area contributed by atoms with E-state index in [2.05, 4.69) is 11.9 Å². The van der Waals surface area contributed by atoms with Crippen molar-refractivity contribution in [1.82, 2.24) is 9.80 Å². The summed E-state index contributed by atoms with van der Waals surface area (Å²) in [7, 11) is 2.06. The number of anilines is 1. The van der Waals surface area contributed by atoms with Crippen LogP contribution in [-0.2, 0) is 0 Å². The number of para-hydroxylation sites is 1. The van der Waals surface area contributed by atoms with Crippen LogP contribution in [0.25, 0.3) is 0 Å². The molecule has 0 atom stereocenters. The summed E-state index contributed by atoms with van der Waals surface area (Å²) in [5.41, 5.74) is 6.97. The lowest BCUT2D eigenvalue weighted by atomic mass is 10.1. The summed E-state index contributed by atoms with van der Waals surface area (Å²) < 4.78 is 5.52. The van der Waals surface area contributed by atoms with Gasteiger partial charge in [-0.05, 0) is 26.1 Å². The van der Waals surface area contributed by atoms with Crippen molar-refractivity contribution in [1.29, 1.82) is 0 Å². The number of carbonyl (C=O) groups excluding carboxylic acids is 1. The number of rotatable bonds is 3. The quantitative estimate of drug-likeness (QED) is 0.828. The molecule has 0 bridgehead atoms. The molecule has 0 saturated carbocycles. The largest absolute Gasteiger partial charge is 0.491 e. The first-order valence-corrected chi connectivity index (χ1v) is 6.62. The van der Waals surface area contributed by atoms with E-state index in [-0.39, 0.29) is 5.91 Å². The van der Waals surface area contributed by atoms with E-state index in [1.54, 1.807) is 18.2 Å². The molecule has 1 fully saturated rings. The van der Waals surface area contributed by atoms with Crippen LogP contribution >= 0.6 is 0 Å². The number of nitrogens with zero attached hydrogens (tertiary/aromatic N) is 2. The van der Waals surface area contributed by atoms with Gasteiger partial charge in [0.05, 0.1) is 17.9 Å². The van der Waals surface area contributed by atoms with E-state index in [9.17, 15) is 4.79 Å². The number of piperazine rings is 1. The van der Waals surface area contributed by atoms with Gasteiger partial charge in [-0.1, -0.05) is 6.07 Å². The number of nitrogens with two attached hydrogens (primary N) is 1. The maximum Gasteiger partial charge on any atom is 0.257 e. The molecule has 1 aromatic carbocycles. The lowest BCUT2D eigenvalue weighted by Gasteiger charge is -2.32. The van der Waals surface area contributed by atoms with E-state index < -0.39 is 0 Å². The standard InChI is InChI=1S/C14H21N3O2/c1-3-19-13-11(5-4-6-12(13)15)14(18)17-9-7-16(2)8-10-17/h4-6H,3,7-10,15H2,1-2H3. The summed E-state index contributed by atoms with van der Waals surface area (Å²) in [4.78, 5) is 16.6. The van der Waals surface area contributed by atoms with Crippen LogP contribution in [0.15, 0.2) is 18.2 Å². The highest BCUT2D eigenvalue weighted by molar-refractivity contribution is 5.98. The maximum absolute atomic E-state index is 12.5. The molecule has 2 N–H and O–H groups in total. The fourth-order valence-electron chi connectivity index (χ4n) is 2.21. The molecule has 1 aliphatic rings. The second-order valence-electron chi connectivity index (χ2n) is 4.75. The zero-order valence-corrected chi connectivity index (χ0v) is 11.6. The summed E-state index contributed by atoms with van der Waals surface area (Å²) in [6.45, 7) is 5.68. The second kappa shape index (κ2) is 5.93. The molecule has 1 amide bonds. The van der Waals surface area contributed by atoms with Gasteiger partial charge in [0.1, 0.15) is 0 Å². The van der Waals surface area contributed by atoms with Gasteiger partial charge in [0.2, 0.25) is 0 Å². The third kappa shape index (κ3) is 2.98. The van der Waals surface area contributed by atoms with E-state index in [0.717, 1.165) is 26.2 Å². The summed E-state index contributed by atoms with van der Waals surface area (Å²) in [5, 5.41) is 0. The molecule has 1 aliphatic heterocycles. The predicted molar refractivity (Wildman–Crippen MR) is 75.4 cm³/mol. The van der Waals surface area contributed by atoms with Crippen molar-refractivity contribution in [3.05, 3.63) is 23.8 Å². The first-order valence-electron chi connectivity index (χ1n) is 6.62. The third-order valence-electron chi connectivity index (χ3n) is 3.36.